The number of carbonyl (C=O) groups is 1. The molecule has 2 aromatic rings. The molecule has 0 spiro atoms. The maximum atomic E-state index is 12.6. The molecule has 3 rings (SSSR count). The van der Waals surface area contributed by atoms with Crippen LogP contribution in [0.2, 0.25) is 0 Å². The quantitative estimate of drug-likeness (QED) is 0.802. The van der Waals surface area contributed by atoms with Crippen molar-refractivity contribution in [2.24, 2.45) is 0 Å². The van der Waals surface area contributed by atoms with Crippen LogP contribution < -0.4 is 5.32 Å². The van der Waals surface area contributed by atoms with Crippen LogP contribution in [0.4, 0.5) is 5.69 Å². The van der Waals surface area contributed by atoms with Crippen molar-refractivity contribution >= 4 is 27.7 Å². The first-order chi connectivity index (χ1) is 12.9. The lowest BCUT2D eigenvalue weighted by Crippen LogP contribution is -2.40. The molecule has 27 heavy (non-hydrogen) atoms. The van der Waals surface area contributed by atoms with Gasteiger partial charge >= 0.3 is 0 Å². The Morgan fingerprint density at radius 2 is 1.81 bits per heavy atom. The number of aryl methyl sites for hydroxylation is 1. The largest absolute Gasteiger partial charge is 0.379 e. The molecule has 0 saturated carbocycles. The van der Waals surface area contributed by atoms with Crippen LogP contribution in [0.1, 0.15) is 11.1 Å². The third-order valence-electron chi connectivity index (χ3n) is 4.20. The van der Waals surface area contributed by atoms with Gasteiger partial charge in [0.25, 0.3) is 0 Å². The number of morpholine rings is 1. The highest BCUT2D eigenvalue weighted by molar-refractivity contribution is 7.89. The van der Waals surface area contributed by atoms with E-state index in [1.165, 1.54) is 10.4 Å². The van der Waals surface area contributed by atoms with Crippen LogP contribution in [0.25, 0.3) is 6.08 Å². The Morgan fingerprint density at radius 1 is 1.11 bits per heavy atom. The molecule has 2 aromatic carbocycles. The summed E-state index contributed by atoms with van der Waals surface area (Å²) in [5, 5.41) is 2.79. The SMILES string of the molecule is Cc1cccc(NC(=O)/C=C\c2ccc(S(=O)(=O)N3CCOCC3)cc2)c1. The summed E-state index contributed by atoms with van der Waals surface area (Å²) in [6.07, 6.45) is 3.07. The zero-order valence-electron chi connectivity index (χ0n) is 15.1. The van der Waals surface area contributed by atoms with E-state index in [9.17, 15) is 13.2 Å². The van der Waals surface area contributed by atoms with E-state index in [-0.39, 0.29) is 10.8 Å². The maximum Gasteiger partial charge on any atom is 0.248 e. The van der Waals surface area contributed by atoms with Gasteiger partial charge in [-0.15, -0.1) is 0 Å². The summed E-state index contributed by atoms with van der Waals surface area (Å²) < 4.78 is 31.8. The van der Waals surface area contributed by atoms with Gasteiger partial charge in [-0.25, -0.2) is 8.42 Å². The van der Waals surface area contributed by atoms with Crippen molar-refractivity contribution in [3.05, 3.63) is 65.7 Å². The maximum absolute atomic E-state index is 12.6. The van der Waals surface area contributed by atoms with E-state index in [2.05, 4.69) is 5.32 Å². The van der Waals surface area contributed by atoms with Crippen LogP contribution in [0.3, 0.4) is 0 Å². The number of nitrogens with one attached hydrogen (secondary N) is 1. The lowest BCUT2D eigenvalue weighted by molar-refractivity contribution is -0.111. The van der Waals surface area contributed by atoms with E-state index in [0.717, 1.165) is 16.8 Å². The fourth-order valence-electron chi connectivity index (χ4n) is 2.77. The number of nitrogens with zero attached hydrogens (tertiary/aromatic N) is 1. The summed E-state index contributed by atoms with van der Waals surface area (Å²) in [5.74, 6) is -0.245. The molecule has 0 bridgehead atoms. The number of anilines is 1. The standard InChI is InChI=1S/C20H22N2O4S/c1-16-3-2-4-18(15-16)21-20(23)10-7-17-5-8-19(9-6-17)27(24,25)22-11-13-26-14-12-22/h2-10,15H,11-14H2,1H3,(H,21,23)/b10-7-. The third-order valence-corrected chi connectivity index (χ3v) is 6.11. The number of ether oxygens (including phenoxy) is 1. The van der Waals surface area contributed by atoms with Crippen molar-refractivity contribution in [2.75, 3.05) is 31.6 Å². The van der Waals surface area contributed by atoms with E-state index in [1.807, 2.05) is 31.2 Å². The molecule has 1 N–H and O–H groups in total. The highest BCUT2D eigenvalue weighted by Crippen LogP contribution is 2.18. The van der Waals surface area contributed by atoms with E-state index in [0.29, 0.717) is 26.3 Å². The Labute approximate surface area is 159 Å². The first-order valence-electron chi connectivity index (χ1n) is 8.69. The zero-order chi connectivity index (χ0) is 19.3. The third kappa shape index (κ3) is 5.03. The number of benzene rings is 2. The summed E-state index contributed by atoms with van der Waals surface area (Å²) in [7, 11) is -3.50. The first-order valence-corrected chi connectivity index (χ1v) is 10.1. The number of rotatable bonds is 5. The smallest absolute Gasteiger partial charge is 0.248 e. The molecular formula is C20H22N2O4S. The molecule has 0 unspecified atom stereocenters. The minimum absolute atomic E-state index is 0.241. The van der Waals surface area contributed by atoms with E-state index in [4.69, 9.17) is 4.74 Å². The van der Waals surface area contributed by atoms with Gasteiger partial charge in [-0.1, -0.05) is 24.3 Å². The predicted molar refractivity (Wildman–Crippen MR) is 105 cm³/mol. The average molecular weight is 386 g/mol. The van der Waals surface area contributed by atoms with Crippen LogP contribution in [-0.2, 0) is 19.6 Å². The van der Waals surface area contributed by atoms with Gasteiger partial charge in [0.15, 0.2) is 0 Å². The summed E-state index contributed by atoms with van der Waals surface area (Å²) in [6, 6.07) is 14.0. The number of hydrogen-bond donors (Lipinski definition) is 1. The summed E-state index contributed by atoms with van der Waals surface area (Å²) in [6.45, 7) is 3.51. The van der Waals surface area contributed by atoms with Crippen molar-refractivity contribution in [3.8, 4) is 0 Å². The van der Waals surface area contributed by atoms with Gasteiger partial charge in [-0.05, 0) is 48.4 Å². The Hall–Kier alpha value is -2.48. The first kappa shape index (κ1) is 19.3. The number of sulfonamides is 1. The van der Waals surface area contributed by atoms with Crippen LogP contribution in [0, 0.1) is 6.92 Å². The van der Waals surface area contributed by atoms with E-state index < -0.39 is 10.0 Å². The zero-order valence-corrected chi connectivity index (χ0v) is 15.9. The average Bonchev–Trinajstić information content (AvgIpc) is 2.67. The molecule has 0 atom stereocenters. The summed E-state index contributed by atoms with van der Waals surface area (Å²) >= 11 is 0. The molecule has 1 saturated heterocycles. The van der Waals surface area contributed by atoms with Gasteiger partial charge in [0.05, 0.1) is 18.1 Å². The van der Waals surface area contributed by atoms with Crippen LogP contribution in [0.5, 0.6) is 0 Å². The molecule has 0 aliphatic carbocycles. The molecule has 6 nitrogen and oxygen atoms in total. The lowest BCUT2D eigenvalue weighted by Gasteiger charge is -2.26. The molecule has 0 radical (unpaired) electrons. The summed E-state index contributed by atoms with van der Waals surface area (Å²) in [5.41, 5.74) is 2.54. The molecule has 142 valence electrons. The second-order valence-corrected chi connectivity index (χ2v) is 8.22. The minimum Gasteiger partial charge on any atom is -0.379 e. The molecule has 1 aliphatic rings. The van der Waals surface area contributed by atoms with Crippen molar-refractivity contribution in [2.45, 2.75) is 11.8 Å². The number of amides is 1. The van der Waals surface area contributed by atoms with Gasteiger partial charge in [-0.3, -0.25) is 4.79 Å². The molecule has 1 fully saturated rings. The molecule has 1 aliphatic heterocycles. The summed E-state index contributed by atoms with van der Waals surface area (Å²) in [4.78, 5) is 12.3. The highest BCUT2D eigenvalue weighted by atomic mass is 32.2. The second kappa shape index (κ2) is 8.47. The topological polar surface area (TPSA) is 75.7 Å². The monoisotopic (exact) mass is 386 g/mol. The van der Waals surface area contributed by atoms with Crippen molar-refractivity contribution in [1.29, 1.82) is 0 Å². The van der Waals surface area contributed by atoms with Gasteiger partial charge in [0.1, 0.15) is 0 Å². The van der Waals surface area contributed by atoms with Gasteiger partial charge < -0.3 is 10.1 Å². The molecule has 1 heterocycles. The van der Waals surface area contributed by atoms with Crippen molar-refractivity contribution < 1.29 is 17.9 Å². The highest BCUT2D eigenvalue weighted by Gasteiger charge is 2.25. The second-order valence-electron chi connectivity index (χ2n) is 6.28. The minimum atomic E-state index is -3.50. The molecule has 7 heteroatoms. The normalized spacial score (nSPS) is 15.7. The Bertz CT molecular complexity index is 931. The van der Waals surface area contributed by atoms with Crippen LogP contribution in [-0.4, -0.2) is 44.9 Å². The molecule has 1 amide bonds. The van der Waals surface area contributed by atoms with E-state index in [1.54, 1.807) is 30.3 Å². The van der Waals surface area contributed by atoms with Crippen LogP contribution >= 0.6 is 0 Å². The van der Waals surface area contributed by atoms with Crippen LogP contribution in [0.15, 0.2) is 59.5 Å². The fraction of sp³-hybridized carbons (Fsp3) is 0.250. The Balaban J connectivity index is 1.64. The van der Waals surface area contributed by atoms with Gasteiger partial charge in [-0.2, -0.15) is 4.31 Å². The van der Waals surface area contributed by atoms with Crippen molar-refractivity contribution in [3.63, 3.8) is 0 Å². The molecular weight excluding hydrogens is 364 g/mol. The Morgan fingerprint density at radius 3 is 2.48 bits per heavy atom. The number of hydrogen-bond acceptors (Lipinski definition) is 4. The van der Waals surface area contributed by atoms with Gasteiger partial charge in [0, 0.05) is 24.9 Å². The van der Waals surface area contributed by atoms with Gasteiger partial charge in [0.2, 0.25) is 15.9 Å². The number of carbonyl (C=O) groups excluding carboxylic acids is 1. The molecule has 0 aromatic heterocycles. The lowest BCUT2D eigenvalue weighted by atomic mass is 10.2. The Kier molecular flexibility index (Phi) is 6.05. The van der Waals surface area contributed by atoms with Crippen molar-refractivity contribution in [1.82, 2.24) is 4.31 Å². The van der Waals surface area contributed by atoms with E-state index >= 15 is 0 Å². The predicted octanol–water partition coefficient (Wildman–Crippen LogP) is 2.67. The fourth-order valence-corrected chi connectivity index (χ4v) is 4.17.